The quantitative estimate of drug-likeness (QED) is 0.796. The van der Waals surface area contributed by atoms with E-state index in [0.29, 0.717) is 6.04 Å². The molecule has 3 nitrogen and oxygen atoms in total. The monoisotopic (exact) mass is 242 g/mol. The predicted molar refractivity (Wildman–Crippen MR) is 69.8 cm³/mol. The van der Waals surface area contributed by atoms with Gasteiger partial charge in [0, 0.05) is 24.6 Å². The number of nitrogens with zero attached hydrogens (tertiary/aromatic N) is 1. The molecule has 2 unspecified atom stereocenters. The van der Waals surface area contributed by atoms with Gasteiger partial charge in [0.25, 0.3) is 0 Å². The van der Waals surface area contributed by atoms with E-state index in [1.807, 2.05) is 0 Å². The molecule has 0 aromatic carbocycles. The van der Waals surface area contributed by atoms with E-state index in [0.717, 1.165) is 19.7 Å². The number of methoxy groups -OCH3 is 1. The summed E-state index contributed by atoms with van der Waals surface area (Å²) in [6, 6.07) is 4.68. The zero-order valence-corrected chi connectivity index (χ0v) is 11.2. The SMILES string of the molecule is CCN(CC(N)c1cccs1)C(C)COC. The number of hydrogen-bond acceptors (Lipinski definition) is 4. The molecule has 92 valence electrons. The summed E-state index contributed by atoms with van der Waals surface area (Å²) in [5.74, 6) is 0. The van der Waals surface area contributed by atoms with Gasteiger partial charge in [-0.2, -0.15) is 0 Å². The Morgan fingerprint density at radius 3 is 2.81 bits per heavy atom. The topological polar surface area (TPSA) is 38.5 Å². The van der Waals surface area contributed by atoms with Crippen LogP contribution in [0.4, 0.5) is 0 Å². The fourth-order valence-electron chi connectivity index (χ4n) is 1.81. The third-order valence-electron chi connectivity index (χ3n) is 2.78. The molecule has 1 heterocycles. The van der Waals surface area contributed by atoms with Gasteiger partial charge in [0.1, 0.15) is 0 Å². The van der Waals surface area contributed by atoms with E-state index in [9.17, 15) is 0 Å². The summed E-state index contributed by atoms with van der Waals surface area (Å²) in [6.07, 6.45) is 0. The van der Waals surface area contributed by atoms with Crippen LogP contribution in [0.2, 0.25) is 0 Å². The van der Waals surface area contributed by atoms with Crippen LogP contribution in [0.25, 0.3) is 0 Å². The Morgan fingerprint density at radius 1 is 1.56 bits per heavy atom. The Hall–Kier alpha value is -0.420. The Morgan fingerprint density at radius 2 is 2.31 bits per heavy atom. The molecule has 0 saturated carbocycles. The third-order valence-corrected chi connectivity index (χ3v) is 3.78. The second-order valence-electron chi connectivity index (χ2n) is 4.01. The minimum absolute atomic E-state index is 0.110. The Balaban J connectivity index is 2.49. The van der Waals surface area contributed by atoms with Crippen LogP contribution in [0, 0.1) is 0 Å². The van der Waals surface area contributed by atoms with Crippen LogP contribution in [-0.4, -0.2) is 37.7 Å². The lowest BCUT2D eigenvalue weighted by Gasteiger charge is -2.29. The molecule has 1 aromatic heterocycles. The summed E-state index contributed by atoms with van der Waals surface area (Å²) in [5.41, 5.74) is 6.18. The maximum Gasteiger partial charge on any atom is 0.0615 e. The van der Waals surface area contributed by atoms with Gasteiger partial charge < -0.3 is 10.5 Å². The van der Waals surface area contributed by atoms with Gasteiger partial charge in [-0.25, -0.2) is 0 Å². The van der Waals surface area contributed by atoms with E-state index in [4.69, 9.17) is 10.5 Å². The summed E-state index contributed by atoms with van der Waals surface area (Å²) in [6.45, 7) is 6.98. The zero-order valence-electron chi connectivity index (χ0n) is 10.3. The molecule has 0 aliphatic carbocycles. The Kier molecular flexibility index (Phi) is 5.98. The van der Waals surface area contributed by atoms with Crippen LogP contribution in [0.3, 0.4) is 0 Å². The molecule has 0 spiro atoms. The first-order valence-electron chi connectivity index (χ1n) is 5.71. The number of hydrogen-bond donors (Lipinski definition) is 1. The zero-order chi connectivity index (χ0) is 12.0. The second-order valence-corrected chi connectivity index (χ2v) is 4.99. The maximum absolute atomic E-state index is 6.18. The standard InChI is InChI=1S/C12H22N2OS/c1-4-14(10(2)9-15-3)8-11(13)12-6-5-7-16-12/h5-7,10-11H,4,8-9,13H2,1-3H3. The van der Waals surface area contributed by atoms with Gasteiger partial charge in [-0.1, -0.05) is 13.0 Å². The fourth-order valence-corrected chi connectivity index (χ4v) is 2.53. The van der Waals surface area contributed by atoms with Crippen molar-refractivity contribution in [3.8, 4) is 0 Å². The molecule has 0 radical (unpaired) electrons. The molecule has 4 heteroatoms. The summed E-state index contributed by atoms with van der Waals surface area (Å²) in [5, 5.41) is 2.07. The minimum Gasteiger partial charge on any atom is -0.383 e. The second kappa shape index (κ2) is 7.01. The van der Waals surface area contributed by atoms with Gasteiger partial charge in [-0.05, 0) is 24.9 Å². The number of rotatable bonds is 7. The van der Waals surface area contributed by atoms with Crippen molar-refractivity contribution in [1.82, 2.24) is 4.90 Å². The fraction of sp³-hybridized carbons (Fsp3) is 0.667. The van der Waals surface area contributed by atoms with Crippen molar-refractivity contribution in [2.75, 3.05) is 26.8 Å². The highest BCUT2D eigenvalue weighted by atomic mass is 32.1. The molecule has 0 saturated heterocycles. The molecule has 0 aliphatic rings. The van der Waals surface area contributed by atoms with Crippen molar-refractivity contribution in [1.29, 1.82) is 0 Å². The molecule has 0 aliphatic heterocycles. The number of nitrogens with two attached hydrogens (primary N) is 1. The smallest absolute Gasteiger partial charge is 0.0615 e. The van der Waals surface area contributed by atoms with Crippen molar-refractivity contribution in [3.63, 3.8) is 0 Å². The molecular weight excluding hydrogens is 220 g/mol. The van der Waals surface area contributed by atoms with E-state index in [-0.39, 0.29) is 6.04 Å². The lowest BCUT2D eigenvalue weighted by Crippen LogP contribution is -2.40. The van der Waals surface area contributed by atoms with Gasteiger partial charge in [0.05, 0.1) is 12.6 Å². The summed E-state index contributed by atoms with van der Waals surface area (Å²) in [7, 11) is 1.74. The first-order chi connectivity index (χ1) is 7.69. The van der Waals surface area contributed by atoms with Crippen LogP contribution >= 0.6 is 11.3 Å². The normalized spacial score (nSPS) is 15.3. The minimum atomic E-state index is 0.110. The van der Waals surface area contributed by atoms with Gasteiger partial charge in [0.15, 0.2) is 0 Å². The van der Waals surface area contributed by atoms with Gasteiger partial charge in [0.2, 0.25) is 0 Å². The van der Waals surface area contributed by atoms with E-state index >= 15 is 0 Å². The Labute approximate surface area is 102 Å². The first-order valence-corrected chi connectivity index (χ1v) is 6.59. The van der Waals surface area contributed by atoms with E-state index < -0.39 is 0 Å². The molecule has 0 bridgehead atoms. The maximum atomic E-state index is 6.18. The molecule has 1 rings (SSSR count). The lowest BCUT2D eigenvalue weighted by molar-refractivity contribution is 0.0988. The number of ether oxygens (including phenoxy) is 1. The van der Waals surface area contributed by atoms with Crippen molar-refractivity contribution in [3.05, 3.63) is 22.4 Å². The highest BCUT2D eigenvalue weighted by Gasteiger charge is 2.16. The van der Waals surface area contributed by atoms with Gasteiger partial charge in [-0.15, -0.1) is 11.3 Å². The Bertz CT molecular complexity index is 277. The average molecular weight is 242 g/mol. The third kappa shape index (κ3) is 3.87. The van der Waals surface area contributed by atoms with Crippen molar-refractivity contribution < 1.29 is 4.74 Å². The molecule has 16 heavy (non-hydrogen) atoms. The van der Waals surface area contributed by atoms with Gasteiger partial charge >= 0.3 is 0 Å². The van der Waals surface area contributed by atoms with Crippen LogP contribution < -0.4 is 5.73 Å². The average Bonchev–Trinajstić information content (AvgIpc) is 2.79. The van der Waals surface area contributed by atoms with Crippen molar-refractivity contribution in [2.24, 2.45) is 5.73 Å². The summed E-state index contributed by atoms with van der Waals surface area (Å²) < 4.78 is 5.18. The van der Waals surface area contributed by atoms with Gasteiger partial charge in [-0.3, -0.25) is 4.90 Å². The molecule has 2 atom stereocenters. The molecular formula is C12H22N2OS. The van der Waals surface area contributed by atoms with E-state index in [1.165, 1.54) is 4.88 Å². The first kappa shape index (κ1) is 13.6. The molecule has 0 fully saturated rings. The largest absolute Gasteiger partial charge is 0.383 e. The summed E-state index contributed by atoms with van der Waals surface area (Å²) >= 11 is 1.73. The van der Waals surface area contributed by atoms with E-state index in [1.54, 1.807) is 18.4 Å². The van der Waals surface area contributed by atoms with Crippen LogP contribution in [0.5, 0.6) is 0 Å². The highest BCUT2D eigenvalue weighted by molar-refractivity contribution is 7.10. The van der Waals surface area contributed by atoms with Crippen molar-refractivity contribution in [2.45, 2.75) is 25.9 Å². The highest BCUT2D eigenvalue weighted by Crippen LogP contribution is 2.18. The predicted octanol–water partition coefficient (Wildman–Crippen LogP) is 2.10. The lowest BCUT2D eigenvalue weighted by atomic mass is 10.2. The molecule has 1 aromatic rings. The van der Waals surface area contributed by atoms with E-state index in [2.05, 4.69) is 36.3 Å². The van der Waals surface area contributed by atoms with Crippen LogP contribution in [0.1, 0.15) is 24.8 Å². The number of likely N-dealkylation sites (N-methyl/N-ethyl adjacent to an activating group) is 1. The van der Waals surface area contributed by atoms with Crippen LogP contribution in [-0.2, 0) is 4.74 Å². The number of thiophene rings is 1. The van der Waals surface area contributed by atoms with Crippen LogP contribution in [0.15, 0.2) is 17.5 Å². The molecule has 2 N–H and O–H groups in total. The summed E-state index contributed by atoms with van der Waals surface area (Å²) in [4.78, 5) is 3.61. The van der Waals surface area contributed by atoms with Crippen molar-refractivity contribution >= 4 is 11.3 Å². The molecule has 0 amide bonds.